The molecule has 0 fully saturated rings. The third-order valence-corrected chi connectivity index (χ3v) is 4.41. The third kappa shape index (κ3) is 2.25. The molecule has 1 aliphatic heterocycles. The van der Waals surface area contributed by atoms with Crippen LogP contribution in [0.5, 0.6) is 0 Å². The van der Waals surface area contributed by atoms with Crippen LogP contribution in [0.2, 0.25) is 0 Å². The van der Waals surface area contributed by atoms with Crippen molar-refractivity contribution in [3.05, 3.63) is 41.5 Å². The van der Waals surface area contributed by atoms with Gasteiger partial charge in [-0.25, -0.2) is 4.98 Å². The van der Waals surface area contributed by atoms with Crippen molar-refractivity contribution in [3.63, 3.8) is 0 Å². The van der Waals surface area contributed by atoms with E-state index in [9.17, 15) is 5.26 Å². The Bertz CT molecular complexity index is 689. The second-order valence-corrected chi connectivity index (χ2v) is 5.73. The summed E-state index contributed by atoms with van der Waals surface area (Å²) in [6.45, 7) is 2.93. The first-order valence-corrected chi connectivity index (χ1v) is 7.72. The Hall–Kier alpha value is -1.99. The van der Waals surface area contributed by atoms with E-state index in [-0.39, 0.29) is 0 Å². The quantitative estimate of drug-likeness (QED) is 0.922. The number of nitrogens with zero attached hydrogens (tertiary/aromatic N) is 2. The molecule has 0 radical (unpaired) electrons. The van der Waals surface area contributed by atoms with E-state index in [0.29, 0.717) is 11.4 Å². The first kappa shape index (κ1) is 13.0. The van der Waals surface area contributed by atoms with Gasteiger partial charge in [0.25, 0.3) is 0 Å². The lowest BCUT2D eigenvalue weighted by molar-refractivity contribution is 0.967. The summed E-state index contributed by atoms with van der Waals surface area (Å²) in [5.74, 6) is 1.58. The molecule has 0 bridgehead atoms. The summed E-state index contributed by atoms with van der Waals surface area (Å²) in [6.07, 6.45) is 1.01. The molecule has 2 aromatic rings. The normalized spacial score (nSPS) is 12.2. The topological polar surface area (TPSA) is 48.7 Å². The lowest BCUT2D eigenvalue weighted by Gasteiger charge is -2.20. The molecule has 3 nitrogen and oxygen atoms in total. The van der Waals surface area contributed by atoms with Crippen molar-refractivity contribution in [2.75, 3.05) is 11.9 Å². The maximum absolute atomic E-state index is 9.28. The van der Waals surface area contributed by atoms with Crippen LogP contribution in [0, 0.1) is 11.3 Å². The van der Waals surface area contributed by atoms with Gasteiger partial charge in [0.1, 0.15) is 11.9 Å². The number of fused-ring (bicyclic) bond motifs is 3. The molecular weight excluding hydrogens is 266 g/mol. The van der Waals surface area contributed by atoms with Crippen LogP contribution in [0.3, 0.4) is 0 Å². The first-order chi connectivity index (χ1) is 9.83. The van der Waals surface area contributed by atoms with E-state index in [4.69, 9.17) is 4.98 Å². The molecule has 1 aromatic heterocycles. The average molecular weight is 281 g/mol. The van der Waals surface area contributed by atoms with Crippen molar-refractivity contribution in [1.82, 2.24) is 4.98 Å². The zero-order chi connectivity index (χ0) is 13.9. The van der Waals surface area contributed by atoms with E-state index < -0.39 is 0 Å². The fraction of sp³-hybridized carbons (Fsp3) is 0.250. The highest BCUT2D eigenvalue weighted by Gasteiger charge is 2.20. The standard InChI is InChI=1S/C16H15N3S/c1-2-7-18-16-11(9-17)8-12-10-20-14-6-4-3-5-13(14)15(12)19-16/h3-6,8H,2,7,10H2,1H3,(H,18,19). The summed E-state index contributed by atoms with van der Waals surface area (Å²) >= 11 is 1.80. The van der Waals surface area contributed by atoms with E-state index in [1.54, 1.807) is 11.8 Å². The SMILES string of the molecule is CCCNc1nc2c(cc1C#N)CSc1ccccc1-2. The van der Waals surface area contributed by atoms with Crippen LogP contribution in [0.1, 0.15) is 24.5 Å². The van der Waals surface area contributed by atoms with Gasteiger partial charge in [-0.15, -0.1) is 11.8 Å². The van der Waals surface area contributed by atoms with E-state index in [1.165, 1.54) is 10.5 Å². The van der Waals surface area contributed by atoms with Crippen molar-refractivity contribution in [2.24, 2.45) is 0 Å². The number of nitriles is 1. The Morgan fingerprint density at radius 1 is 1.40 bits per heavy atom. The zero-order valence-corrected chi connectivity index (χ0v) is 12.1. The van der Waals surface area contributed by atoms with Gasteiger partial charge in [0, 0.05) is 22.8 Å². The maximum Gasteiger partial charge on any atom is 0.144 e. The van der Waals surface area contributed by atoms with Gasteiger partial charge < -0.3 is 5.32 Å². The van der Waals surface area contributed by atoms with Gasteiger partial charge in [0.15, 0.2) is 0 Å². The van der Waals surface area contributed by atoms with Crippen LogP contribution in [0.15, 0.2) is 35.2 Å². The zero-order valence-electron chi connectivity index (χ0n) is 11.3. The van der Waals surface area contributed by atoms with Crippen LogP contribution >= 0.6 is 11.8 Å². The van der Waals surface area contributed by atoms with E-state index in [0.717, 1.165) is 30.0 Å². The van der Waals surface area contributed by atoms with E-state index >= 15 is 0 Å². The minimum Gasteiger partial charge on any atom is -0.369 e. The van der Waals surface area contributed by atoms with Crippen LogP contribution < -0.4 is 5.32 Å². The van der Waals surface area contributed by atoms with E-state index in [2.05, 4.69) is 36.5 Å². The minimum atomic E-state index is 0.636. The number of anilines is 1. The Morgan fingerprint density at radius 2 is 2.25 bits per heavy atom. The minimum absolute atomic E-state index is 0.636. The van der Waals surface area contributed by atoms with Crippen molar-refractivity contribution >= 4 is 17.6 Å². The molecule has 0 spiro atoms. The molecular formula is C16H15N3S. The number of thioether (sulfide) groups is 1. The molecule has 2 heterocycles. The predicted molar refractivity (Wildman–Crippen MR) is 82.7 cm³/mol. The number of rotatable bonds is 3. The summed E-state index contributed by atoms with van der Waals surface area (Å²) < 4.78 is 0. The summed E-state index contributed by atoms with van der Waals surface area (Å²) in [5.41, 5.74) is 3.96. The molecule has 0 atom stereocenters. The molecule has 0 unspecified atom stereocenters. The number of pyridine rings is 1. The smallest absolute Gasteiger partial charge is 0.144 e. The number of hydrogen-bond acceptors (Lipinski definition) is 4. The summed E-state index contributed by atoms with van der Waals surface area (Å²) in [4.78, 5) is 5.98. The number of hydrogen-bond donors (Lipinski definition) is 1. The van der Waals surface area contributed by atoms with Gasteiger partial charge in [-0.05, 0) is 24.1 Å². The van der Waals surface area contributed by atoms with Gasteiger partial charge in [-0.1, -0.05) is 25.1 Å². The van der Waals surface area contributed by atoms with Gasteiger partial charge in [0.2, 0.25) is 0 Å². The maximum atomic E-state index is 9.28. The number of benzene rings is 1. The Labute approximate surface area is 123 Å². The molecule has 1 aromatic carbocycles. The van der Waals surface area contributed by atoms with Crippen molar-refractivity contribution < 1.29 is 0 Å². The molecule has 100 valence electrons. The fourth-order valence-corrected chi connectivity index (χ4v) is 3.33. The summed E-state index contributed by atoms with van der Waals surface area (Å²) in [6, 6.07) is 12.5. The molecule has 3 rings (SSSR count). The highest BCUT2D eigenvalue weighted by molar-refractivity contribution is 7.98. The molecule has 1 N–H and O–H groups in total. The lowest BCUT2D eigenvalue weighted by Crippen LogP contribution is -2.08. The first-order valence-electron chi connectivity index (χ1n) is 6.73. The highest BCUT2D eigenvalue weighted by atomic mass is 32.2. The predicted octanol–water partition coefficient (Wildman–Crippen LogP) is 4.05. The molecule has 0 amide bonds. The lowest BCUT2D eigenvalue weighted by atomic mass is 10.0. The highest BCUT2D eigenvalue weighted by Crippen LogP contribution is 2.41. The Balaban J connectivity index is 2.12. The van der Waals surface area contributed by atoms with E-state index in [1.807, 2.05) is 12.1 Å². The monoisotopic (exact) mass is 281 g/mol. The average Bonchev–Trinajstić information content (AvgIpc) is 2.51. The molecule has 20 heavy (non-hydrogen) atoms. The molecule has 1 aliphatic rings. The van der Waals surface area contributed by atoms with Gasteiger partial charge in [0.05, 0.1) is 11.3 Å². The third-order valence-electron chi connectivity index (χ3n) is 3.29. The molecule has 0 saturated carbocycles. The molecule has 0 aliphatic carbocycles. The fourth-order valence-electron chi connectivity index (χ4n) is 2.31. The van der Waals surface area contributed by atoms with Crippen molar-refractivity contribution in [1.29, 1.82) is 5.26 Å². The van der Waals surface area contributed by atoms with Gasteiger partial charge in [-0.3, -0.25) is 0 Å². The molecule has 4 heteroatoms. The van der Waals surface area contributed by atoms with Gasteiger partial charge in [-0.2, -0.15) is 5.26 Å². The molecule has 0 saturated heterocycles. The van der Waals surface area contributed by atoms with Crippen LogP contribution in [-0.4, -0.2) is 11.5 Å². The number of nitrogens with one attached hydrogen (secondary N) is 1. The van der Waals surface area contributed by atoms with Crippen molar-refractivity contribution in [3.8, 4) is 17.3 Å². The second-order valence-electron chi connectivity index (χ2n) is 4.72. The van der Waals surface area contributed by atoms with Crippen LogP contribution in [-0.2, 0) is 5.75 Å². The van der Waals surface area contributed by atoms with Crippen LogP contribution in [0.4, 0.5) is 5.82 Å². The summed E-state index contributed by atoms with van der Waals surface area (Å²) in [7, 11) is 0. The second kappa shape index (κ2) is 5.56. The van der Waals surface area contributed by atoms with Crippen molar-refractivity contribution in [2.45, 2.75) is 24.0 Å². The Kier molecular flexibility index (Phi) is 3.62. The largest absolute Gasteiger partial charge is 0.369 e. The Morgan fingerprint density at radius 3 is 3.05 bits per heavy atom. The van der Waals surface area contributed by atoms with Crippen LogP contribution in [0.25, 0.3) is 11.3 Å². The number of aromatic nitrogens is 1. The van der Waals surface area contributed by atoms with Gasteiger partial charge >= 0.3 is 0 Å². The summed E-state index contributed by atoms with van der Waals surface area (Å²) in [5, 5.41) is 12.5.